The average molecular weight is 215 g/mol. The molecule has 0 unspecified atom stereocenters. The van der Waals surface area contributed by atoms with E-state index < -0.39 is 10.0 Å². The highest BCUT2D eigenvalue weighted by Gasteiger charge is 2.01. The van der Waals surface area contributed by atoms with E-state index in [1.54, 1.807) is 12.3 Å². The molecule has 1 aromatic heterocycles. The second-order valence-corrected chi connectivity index (χ2v) is 4.71. The van der Waals surface area contributed by atoms with Gasteiger partial charge in [-0.05, 0) is 19.1 Å². The van der Waals surface area contributed by atoms with E-state index in [0.29, 0.717) is 6.54 Å². The number of primary sulfonamides is 1. The molecule has 0 atom stereocenters. The van der Waals surface area contributed by atoms with Gasteiger partial charge in [0, 0.05) is 24.1 Å². The molecular formula is C8H13N3O2S. The van der Waals surface area contributed by atoms with Gasteiger partial charge in [0.05, 0.1) is 5.75 Å². The Morgan fingerprint density at radius 3 is 2.86 bits per heavy atom. The number of anilines is 1. The summed E-state index contributed by atoms with van der Waals surface area (Å²) in [5.74, 6) is -0.0750. The lowest BCUT2D eigenvalue weighted by Gasteiger charge is -2.05. The SMILES string of the molecule is Cc1cc(NCCS(N)(=O)=O)ccn1. The van der Waals surface area contributed by atoms with Gasteiger partial charge in [0.2, 0.25) is 10.0 Å². The van der Waals surface area contributed by atoms with Gasteiger partial charge < -0.3 is 5.32 Å². The van der Waals surface area contributed by atoms with Crippen molar-refractivity contribution in [3.05, 3.63) is 24.0 Å². The molecule has 0 bridgehead atoms. The summed E-state index contributed by atoms with van der Waals surface area (Å²) in [6.45, 7) is 2.17. The number of nitrogens with two attached hydrogens (primary N) is 1. The van der Waals surface area contributed by atoms with Crippen molar-refractivity contribution in [2.45, 2.75) is 6.92 Å². The Hall–Kier alpha value is -1.14. The molecule has 78 valence electrons. The van der Waals surface area contributed by atoms with Crippen molar-refractivity contribution < 1.29 is 8.42 Å². The maximum Gasteiger partial charge on any atom is 0.210 e. The van der Waals surface area contributed by atoms with Gasteiger partial charge in [0.1, 0.15) is 0 Å². The molecule has 0 amide bonds. The Labute approximate surface area is 83.4 Å². The number of rotatable bonds is 4. The van der Waals surface area contributed by atoms with E-state index in [0.717, 1.165) is 11.4 Å². The number of aromatic nitrogens is 1. The predicted molar refractivity (Wildman–Crippen MR) is 55.4 cm³/mol. The van der Waals surface area contributed by atoms with Crippen LogP contribution in [-0.2, 0) is 10.0 Å². The van der Waals surface area contributed by atoms with Crippen LogP contribution in [0.25, 0.3) is 0 Å². The van der Waals surface area contributed by atoms with E-state index in [9.17, 15) is 8.42 Å². The molecule has 1 rings (SSSR count). The van der Waals surface area contributed by atoms with Gasteiger partial charge in [-0.3, -0.25) is 4.98 Å². The highest BCUT2D eigenvalue weighted by Crippen LogP contribution is 2.05. The smallest absolute Gasteiger partial charge is 0.210 e. The van der Waals surface area contributed by atoms with Crippen LogP contribution in [0.4, 0.5) is 5.69 Å². The van der Waals surface area contributed by atoms with Crippen LogP contribution in [0, 0.1) is 6.92 Å². The van der Waals surface area contributed by atoms with E-state index in [2.05, 4.69) is 10.3 Å². The zero-order valence-corrected chi connectivity index (χ0v) is 8.71. The minimum absolute atomic E-state index is 0.0750. The number of hydrogen-bond donors (Lipinski definition) is 2. The molecule has 0 fully saturated rings. The fourth-order valence-corrected chi connectivity index (χ4v) is 1.38. The fraction of sp³-hybridized carbons (Fsp3) is 0.375. The molecule has 3 N–H and O–H groups in total. The minimum atomic E-state index is -3.38. The molecule has 6 heteroatoms. The number of sulfonamides is 1. The summed E-state index contributed by atoms with van der Waals surface area (Å²) in [7, 11) is -3.38. The van der Waals surface area contributed by atoms with Crippen molar-refractivity contribution in [2.24, 2.45) is 5.14 Å². The molecule has 0 aliphatic rings. The summed E-state index contributed by atoms with van der Waals surface area (Å²) in [5.41, 5.74) is 1.73. The van der Waals surface area contributed by atoms with Crippen molar-refractivity contribution in [3.63, 3.8) is 0 Å². The molecule has 0 aromatic carbocycles. The number of pyridine rings is 1. The van der Waals surface area contributed by atoms with Crippen LogP contribution >= 0.6 is 0 Å². The maximum absolute atomic E-state index is 10.6. The van der Waals surface area contributed by atoms with E-state index in [4.69, 9.17) is 5.14 Å². The lowest BCUT2D eigenvalue weighted by Crippen LogP contribution is -2.22. The Morgan fingerprint density at radius 1 is 1.57 bits per heavy atom. The molecule has 0 saturated carbocycles. The van der Waals surface area contributed by atoms with Crippen LogP contribution in [0.2, 0.25) is 0 Å². The van der Waals surface area contributed by atoms with E-state index >= 15 is 0 Å². The minimum Gasteiger partial charge on any atom is -0.384 e. The molecular weight excluding hydrogens is 202 g/mol. The van der Waals surface area contributed by atoms with Gasteiger partial charge in [-0.25, -0.2) is 13.6 Å². The van der Waals surface area contributed by atoms with E-state index in [1.807, 2.05) is 13.0 Å². The summed E-state index contributed by atoms with van der Waals surface area (Å²) in [6, 6.07) is 3.61. The number of nitrogens with zero attached hydrogens (tertiary/aromatic N) is 1. The monoisotopic (exact) mass is 215 g/mol. The van der Waals surface area contributed by atoms with Crippen molar-refractivity contribution in [1.29, 1.82) is 0 Å². The van der Waals surface area contributed by atoms with Gasteiger partial charge in [0.25, 0.3) is 0 Å². The maximum atomic E-state index is 10.6. The van der Waals surface area contributed by atoms with Gasteiger partial charge in [-0.2, -0.15) is 0 Å². The van der Waals surface area contributed by atoms with Crippen molar-refractivity contribution in [3.8, 4) is 0 Å². The van der Waals surface area contributed by atoms with Crippen molar-refractivity contribution in [1.82, 2.24) is 4.98 Å². The molecule has 0 aliphatic heterocycles. The first-order chi connectivity index (χ1) is 6.47. The predicted octanol–water partition coefficient (Wildman–Crippen LogP) is 0.0904. The molecule has 0 spiro atoms. The highest BCUT2D eigenvalue weighted by molar-refractivity contribution is 7.89. The highest BCUT2D eigenvalue weighted by atomic mass is 32.2. The van der Waals surface area contributed by atoms with Gasteiger partial charge in [-0.1, -0.05) is 0 Å². The first kappa shape index (κ1) is 10.9. The van der Waals surface area contributed by atoms with Crippen LogP contribution in [0.1, 0.15) is 5.69 Å². The van der Waals surface area contributed by atoms with Crippen LogP contribution in [0.5, 0.6) is 0 Å². The Kier molecular flexibility index (Phi) is 3.43. The second-order valence-electron chi connectivity index (χ2n) is 2.98. The average Bonchev–Trinajstić information content (AvgIpc) is 2.01. The molecule has 1 aromatic rings. The largest absolute Gasteiger partial charge is 0.384 e. The summed E-state index contributed by atoms with van der Waals surface area (Å²) in [5, 5.41) is 7.79. The van der Waals surface area contributed by atoms with Crippen molar-refractivity contribution in [2.75, 3.05) is 17.6 Å². The summed E-state index contributed by atoms with van der Waals surface area (Å²) < 4.78 is 21.2. The van der Waals surface area contributed by atoms with Crippen molar-refractivity contribution >= 4 is 15.7 Å². The number of nitrogens with one attached hydrogen (secondary N) is 1. The fourth-order valence-electron chi connectivity index (χ4n) is 0.993. The number of hydrogen-bond acceptors (Lipinski definition) is 4. The zero-order chi connectivity index (χ0) is 10.6. The lowest BCUT2D eigenvalue weighted by molar-refractivity contribution is 0.598. The topological polar surface area (TPSA) is 85.1 Å². The summed E-state index contributed by atoms with van der Waals surface area (Å²) in [6.07, 6.45) is 1.66. The Balaban J connectivity index is 2.47. The van der Waals surface area contributed by atoms with Crippen LogP contribution in [0.3, 0.4) is 0 Å². The first-order valence-electron chi connectivity index (χ1n) is 4.14. The zero-order valence-electron chi connectivity index (χ0n) is 7.90. The van der Waals surface area contributed by atoms with Gasteiger partial charge in [0.15, 0.2) is 0 Å². The number of aryl methyl sites for hydroxylation is 1. The first-order valence-corrected chi connectivity index (χ1v) is 5.86. The molecule has 0 saturated heterocycles. The summed E-state index contributed by atoms with van der Waals surface area (Å²) >= 11 is 0. The molecule has 1 heterocycles. The van der Waals surface area contributed by atoms with Crippen LogP contribution in [-0.4, -0.2) is 25.7 Å². The van der Waals surface area contributed by atoms with E-state index in [-0.39, 0.29) is 5.75 Å². The molecule has 5 nitrogen and oxygen atoms in total. The van der Waals surface area contributed by atoms with Gasteiger partial charge in [-0.15, -0.1) is 0 Å². The Morgan fingerprint density at radius 2 is 2.29 bits per heavy atom. The third kappa shape index (κ3) is 4.20. The van der Waals surface area contributed by atoms with E-state index in [1.165, 1.54) is 0 Å². The van der Waals surface area contributed by atoms with Crippen LogP contribution in [0.15, 0.2) is 18.3 Å². The second kappa shape index (κ2) is 4.39. The third-order valence-electron chi connectivity index (χ3n) is 1.61. The lowest BCUT2D eigenvalue weighted by atomic mass is 10.3. The normalized spacial score (nSPS) is 11.3. The van der Waals surface area contributed by atoms with Gasteiger partial charge >= 0.3 is 0 Å². The summed E-state index contributed by atoms with van der Waals surface area (Å²) in [4.78, 5) is 4.01. The molecule has 14 heavy (non-hydrogen) atoms. The standard InChI is InChI=1S/C8H13N3O2S/c1-7-6-8(2-3-10-7)11-4-5-14(9,12)13/h2-3,6H,4-5H2,1H3,(H,10,11)(H2,9,12,13). The van der Waals surface area contributed by atoms with Crippen LogP contribution < -0.4 is 10.5 Å². The molecule has 0 radical (unpaired) electrons. The quantitative estimate of drug-likeness (QED) is 0.745. The third-order valence-corrected chi connectivity index (χ3v) is 2.39. The Bertz CT molecular complexity index is 403. The molecule has 0 aliphatic carbocycles.